The monoisotopic (exact) mass is 381 g/mol. The van der Waals surface area contributed by atoms with E-state index in [-0.39, 0.29) is 5.69 Å². The molecule has 0 aromatic carbocycles. The Labute approximate surface area is 175 Å². The van der Waals surface area contributed by atoms with E-state index in [1.807, 2.05) is 67.2 Å². The summed E-state index contributed by atoms with van der Waals surface area (Å²) in [6, 6.07) is 5.83. The van der Waals surface area contributed by atoms with Gasteiger partial charge in [-0.3, -0.25) is 4.40 Å². The highest BCUT2D eigenvalue weighted by Crippen LogP contribution is 2.25. The minimum atomic E-state index is -2.28. The molecule has 0 aliphatic rings. The third-order valence-electron chi connectivity index (χ3n) is 5.49. The highest BCUT2D eigenvalue weighted by atomic mass is 15.2. The Balaban J connectivity index is 1.96. The summed E-state index contributed by atoms with van der Waals surface area (Å²) in [5.41, 5.74) is 6.14. The van der Waals surface area contributed by atoms with Crippen LogP contribution in [0.5, 0.6) is 0 Å². The van der Waals surface area contributed by atoms with Crippen molar-refractivity contribution in [3.05, 3.63) is 58.7 Å². The van der Waals surface area contributed by atoms with Gasteiger partial charge in [-0.25, -0.2) is 4.98 Å². The number of fused-ring (bicyclic) bond motifs is 1. The summed E-state index contributed by atoms with van der Waals surface area (Å²) in [7, 11) is 5.71. The van der Waals surface area contributed by atoms with Gasteiger partial charge >= 0.3 is 0 Å². The van der Waals surface area contributed by atoms with Crippen molar-refractivity contribution in [1.29, 1.82) is 0 Å². The van der Waals surface area contributed by atoms with E-state index in [4.69, 9.17) is 8.22 Å². The normalized spacial score (nSPS) is 15.6. The minimum absolute atomic E-state index is 0.0998. The SMILES string of the molecule is [2H]C([2H])([2H])c1cc(-c2cc(C)cc(-c3cn4c(C)c(C([2H])([2H])[2H])nc4n3C)[n+]2C)[n+](C)cc1C. The Morgan fingerprint density at radius 1 is 0.964 bits per heavy atom. The molecule has 0 amide bonds. The van der Waals surface area contributed by atoms with Crippen LogP contribution in [0.25, 0.3) is 28.6 Å². The van der Waals surface area contributed by atoms with Gasteiger partial charge < -0.3 is 4.57 Å². The van der Waals surface area contributed by atoms with E-state index in [0.29, 0.717) is 22.6 Å². The van der Waals surface area contributed by atoms with Gasteiger partial charge in [0, 0.05) is 50.9 Å². The number of hydrogen-bond donors (Lipinski definition) is 0. The molecule has 0 fully saturated rings. The van der Waals surface area contributed by atoms with E-state index >= 15 is 0 Å². The van der Waals surface area contributed by atoms with Crippen LogP contribution in [0.15, 0.2) is 30.6 Å². The van der Waals surface area contributed by atoms with Gasteiger partial charge in [-0.1, -0.05) is 0 Å². The van der Waals surface area contributed by atoms with Crippen molar-refractivity contribution >= 4 is 5.78 Å². The highest BCUT2D eigenvalue weighted by Gasteiger charge is 2.27. The van der Waals surface area contributed by atoms with Crippen molar-refractivity contribution in [2.45, 2.75) is 34.5 Å². The van der Waals surface area contributed by atoms with E-state index in [1.54, 1.807) is 17.4 Å². The molecular formula is C23H29N5+2. The van der Waals surface area contributed by atoms with Crippen LogP contribution in [0, 0.1) is 34.5 Å². The van der Waals surface area contributed by atoms with Crippen LogP contribution in [0.1, 0.15) is 36.3 Å². The molecule has 4 heterocycles. The lowest BCUT2D eigenvalue weighted by atomic mass is 10.1. The van der Waals surface area contributed by atoms with Gasteiger partial charge in [0.2, 0.25) is 11.5 Å². The lowest BCUT2D eigenvalue weighted by Crippen LogP contribution is -2.40. The second-order valence-corrected chi connectivity index (χ2v) is 7.52. The third kappa shape index (κ3) is 2.65. The van der Waals surface area contributed by atoms with Crippen LogP contribution in [-0.4, -0.2) is 14.0 Å². The summed E-state index contributed by atoms with van der Waals surface area (Å²) < 4.78 is 54.7. The number of imidazole rings is 2. The fraction of sp³-hybridized carbons (Fsp3) is 0.348. The molecule has 5 nitrogen and oxygen atoms in total. The molecule has 0 N–H and O–H groups in total. The second kappa shape index (κ2) is 6.30. The van der Waals surface area contributed by atoms with Gasteiger partial charge in [-0.2, -0.15) is 9.13 Å². The van der Waals surface area contributed by atoms with Crippen LogP contribution in [-0.2, 0) is 21.1 Å². The van der Waals surface area contributed by atoms with Crippen molar-refractivity contribution in [3.63, 3.8) is 0 Å². The maximum atomic E-state index is 7.93. The number of pyridine rings is 2. The van der Waals surface area contributed by atoms with E-state index in [2.05, 4.69) is 11.1 Å². The van der Waals surface area contributed by atoms with E-state index < -0.39 is 13.7 Å². The first-order valence-electron chi connectivity index (χ1n) is 12.2. The van der Waals surface area contributed by atoms with Crippen LogP contribution in [0.3, 0.4) is 0 Å². The predicted molar refractivity (Wildman–Crippen MR) is 111 cm³/mol. The molecule has 28 heavy (non-hydrogen) atoms. The average Bonchev–Trinajstić information content (AvgIpc) is 3.19. The van der Waals surface area contributed by atoms with Crippen LogP contribution in [0.2, 0.25) is 0 Å². The molecule has 0 atom stereocenters. The molecule has 4 rings (SSSR count). The number of hydrogen-bond acceptors (Lipinski definition) is 1. The molecule has 0 unspecified atom stereocenters. The minimum Gasteiger partial charge on any atom is -0.308 e. The van der Waals surface area contributed by atoms with Crippen molar-refractivity contribution in [2.24, 2.45) is 21.1 Å². The summed E-state index contributed by atoms with van der Waals surface area (Å²) >= 11 is 0. The van der Waals surface area contributed by atoms with Gasteiger partial charge in [0.1, 0.15) is 19.8 Å². The Bertz CT molecular complexity index is 1440. The lowest BCUT2D eigenvalue weighted by molar-refractivity contribution is -0.685. The smallest absolute Gasteiger partial charge is 0.277 e. The maximum Gasteiger partial charge on any atom is 0.277 e. The molecule has 0 aliphatic carbocycles. The predicted octanol–water partition coefficient (Wildman–Crippen LogP) is 3.20. The lowest BCUT2D eigenvalue weighted by Gasteiger charge is -2.08. The quantitative estimate of drug-likeness (QED) is 0.491. The summed E-state index contributed by atoms with van der Waals surface area (Å²) in [6.45, 7) is 1.08. The number of aromatic nitrogens is 5. The molecule has 0 spiro atoms. The first kappa shape index (κ1) is 12.5. The molecule has 0 saturated carbocycles. The topological polar surface area (TPSA) is 30.0 Å². The Kier molecular flexibility index (Phi) is 2.81. The van der Waals surface area contributed by atoms with Crippen LogP contribution < -0.4 is 9.13 Å². The maximum absolute atomic E-state index is 7.93. The average molecular weight is 382 g/mol. The molecule has 4 aromatic heterocycles. The zero-order valence-corrected chi connectivity index (χ0v) is 17.1. The van der Waals surface area contributed by atoms with E-state index in [9.17, 15) is 0 Å². The zero-order valence-electron chi connectivity index (χ0n) is 23.1. The Hall–Kier alpha value is -2.95. The molecule has 4 aromatic rings. The van der Waals surface area contributed by atoms with Gasteiger partial charge in [0.05, 0.1) is 5.69 Å². The number of aryl methyl sites for hydroxylation is 7. The third-order valence-corrected chi connectivity index (χ3v) is 5.49. The summed E-state index contributed by atoms with van der Waals surface area (Å²) in [4.78, 5) is 4.41. The molecule has 0 aliphatic heterocycles. The van der Waals surface area contributed by atoms with Crippen molar-refractivity contribution < 1.29 is 17.4 Å². The summed E-state index contributed by atoms with van der Waals surface area (Å²) in [5.74, 6) is 0.548. The van der Waals surface area contributed by atoms with Crippen molar-refractivity contribution in [3.8, 4) is 22.8 Å². The molecule has 144 valence electrons. The fourth-order valence-corrected chi connectivity index (χ4v) is 3.77. The van der Waals surface area contributed by atoms with E-state index in [1.165, 1.54) is 0 Å². The standard InChI is InChI=1S/C23H29N5/c1-14-9-20(19-11-15(2)16(3)12-25(19)6)26(7)21(10-14)22-13-28-18(5)17(4)24-23(28)27(22)8/h9-13H,1-8H3/q+2/i2D3,4D3. The van der Waals surface area contributed by atoms with Gasteiger partial charge in [-0.05, 0) is 45.6 Å². The van der Waals surface area contributed by atoms with Crippen molar-refractivity contribution in [2.75, 3.05) is 0 Å². The van der Waals surface area contributed by atoms with Gasteiger partial charge in [0.15, 0.2) is 6.20 Å². The Morgan fingerprint density at radius 2 is 1.71 bits per heavy atom. The zero-order chi connectivity index (χ0) is 25.3. The highest BCUT2D eigenvalue weighted by molar-refractivity contribution is 5.61. The second-order valence-electron chi connectivity index (χ2n) is 7.52. The number of nitrogens with zero attached hydrogens (tertiary/aromatic N) is 5. The first-order chi connectivity index (χ1) is 15.6. The van der Waals surface area contributed by atoms with Gasteiger partial charge in [-0.15, -0.1) is 0 Å². The largest absolute Gasteiger partial charge is 0.308 e. The van der Waals surface area contributed by atoms with Crippen LogP contribution >= 0.6 is 0 Å². The molecule has 0 saturated heterocycles. The van der Waals surface area contributed by atoms with Crippen molar-refractivity contribution in [1.82, 2.24) is 14.0 Å². The fourth-order valence-electron chi connectivity index (χ4n) is 3.77. The molecule has 5 heteroatoms. The summed E-state index contributed by atoms with van der Waals surface area (Å²) in [5, 5.41) is 0. The first-order valence-corrected chi connectivity index (χ1v) is 9.18. The molecule has 0 bridgehead atoms. The number of rotatable bonds is 2. The molecule has 0 radical (unpaired) electrons. The van der Waals surface area contributed by atoms with E-state index in [0.717, 1.165) is 28.3 Å². The van der Waals surface area contributed by atoms with Gasteiger partial charge in [0.25, 0.3) is 11.4 Å². The Morgan fingerprint density at radius 3 is 2.39 bits per heavy atom. The summed E-state index contributed by atoms with van der Waals surface area (Å²) in [6.07, 6.45) is 3.74. The van der Waals surface area contributed by atoms with Crippen LogP contribution in [0.4, 0.5) is 0 Å². The molecular weight excluding hydrogens is 346 g/mol.